The van der Waals surface area contributed by atoms with Gasteiger partial charge in [0.05, 0.1) is 5.02 Å². The largest absolute Gasteiger partial charge is 0.381 e. The molecule has 0 aromatic heterocycles. The second-order valence-electron chi connectivity index (χ2n) is 4.15. The van der Waals surface area contributed by atoms with Crippen LogP contribution in [0.15, 0.2) is 40.9 Å². The van der Waals surface area contributed by atoms with E-state index in [9.17, 15) is 9.18 Å². The summed E-state index contributed by atoms with van der Waals surface area (Å²) in [6, 6.07) is 9.51. The summed E-state index contributed by atoms with van der Waals surface area (Å²) in [5.41, 5.74) is 6.49. The zero-order valence-electron chi connectivity index (χ0n) is 10.3. The highest BCUT2D eigenvalue weighted by molar-refractivity contribution is 9.10. The standard InChI is InChI=1S/C14H11BrClFN2O/c15-11-6-10(3-4-12(11)16)19-7-9-2-1-8(14(18)20)5-13(9)17/h1-6,19H,7H2,(H2,18,20). The van der Waals surface area contributed by atoms with E-state index in [0.29, 0.717) is 17.1 Å². The van der Waals surface area contributed by atoms with Crippen molar-refractivity contribution >= 4 is 39.1 Å². The fraction of sp³-hybridized carbons (Fsp3) is 0.0714. The van der Waals surface area contributed by atoms with Crippen molar-refractivity contribution in [2.45, 2.75) is 6.54 Å². The van der Waals surface area contributed by atoms with Gasteiger partial charge in [-0.15, -0.1) is 0 Å². The van der Waals surface area contributed by atoms with Crippen molar-refractivity contribution in [2.24, 2.45) is 5.73 Å². The minimum absolute atomic E-state index is 0.153. The Bertz CT molecular complexity index is 664. The highest BCUT2D eigenvalue weighted by atomic mass is 79.9. The third-order valence-corrected chi connectivity index (χ3v) is 3.95. The van der Waals surface area contributed by atoms with Crippen molar-refractivity contribution in [1.82, 2.24) is 0 Å². The fourth-order valence-corrected chi connectivity index (χ4v) is 2.14. The van der Waals surface area contributed by atoms with Crippen LogP contribution in [0.25, 0.3) is 0 Å². The van der Waals surface area contributed by atoms with Gasteiger partial charge in [0, 0.05) is 27.8 Å². The van der Waals surface area contributed by atoms with E-state index in [1.165, 1.54) is 12.1 Å². The number of hydrogen-bond acceptors (Lipinski definition) is 2. The smallest absolute Gasteiger partial charge is 0.248 e. The molecule has 0 aliphatic rings. The Morgan fingerprint density at radius 2 is 2.05 bits per heavy atom. The van der Waals surface area contributed by atoms with Gasteiger partial charge in [0.2, 0.25) is 5.91 Å². The molecule has 0 fully saturated rings. The Balaban J connectivity index is 2.10. The Morgan fingerprint density at radius 3 is 2.65 bits per heavy atom. The molecule has 0 radical (unpaired) electrons. The highest BCUT2D eigenvalue weighted by Gasteiger charge is 2.07. The number of rotatable bonds is 4. The highest BCUT2D eigenvalue weighted by Crippen LogP contribution is 2.26. The molecule has 1 amide bonds. The van der Waals surface area contributed by atoms with Crippen molar-refractivity contribution in [1.29, 1.82) is 0 Å². The van der Waals surface area contributed by atoms with Gasteiger partial charge in [0.1, 0.15) is 5.82 Å². The molecular formula is C14H11BrClFN2O. The zero-order valence-corrected chi connectivity index (χ0v) is 12.6. The van der Waals surface area contributed by atoms with Crippen LogP contribution in [-0.2, 0) is 6.54 Å². The van der Waals surface area contributed by atoms with Crippen LogP contribution in [0.5, 0.6) is 0 Å². The molecule has 0 heterocycles. The number of nitrogens with one attached hydrogen (secondary N) is 1. The van der Waals surface area contributed by atoms with Crippen molar-refractivity contribution in [3.63, 3.8) is 0 Å². The van der Waals surface area contributed by atoms with E-state index < -0.39 is 11.7 Å². The number of anilines is 1. The summed E-state index contributed by atoms with van der Waals surface area (Å²) in [7, 11) is 0. The van der Waals surface area contributed by atoms with E-state index >= 15 is 0 Å². The maximum Gasteiger partial charge on any atom is 0.248 e. The maximum atomic E-state index is 13.8. The molecule has 0 spiro atoms. The number of nitrogens with two attached hydrogens (primary N) is 1. The number of carbonyl (C=O) groups excluding carboxylic acids is 1. The van der Waals surface area contributed by atoms with E-state index in [4.69, 9.17) is 17.3 Å². The average molecular weight is 358 g/mol. The SMILES string of the molecule is NC(=O)c1ccc(CNc2ccc(Cl)c(Br)c2)c(F)c1. The molecule has 0 atom stereocenters. The summed E-state index contributed by atoms with van der Waals surface area (Å²) in [4.78, 5) is 10.9. The van der Waals surface area contributed by atoms with Crippen molar-refractivity contribution in [2.75, 3.05) is 5.32 Å². The van der Waals surface area contributed by atoms with E-state index in [2.05, 4.69) is 21.2 Å². The predicted octanol–water partition coefficient (Wildman–Crippen LogP) is 3.95. The molecule has 0 unspecified atom stereocenters. The monoisotopic (exact) mass is 356 g/mol. The number of amides is 1. The summed E-state index contributed by atoms with van der Waals surface area (Å²) in [6.45, 7) is 0.291. The van der Waals surface area contributed by atoms with Crippen LogP contribution >= 0.6 is 27.5 Å². The van der Waals surface area contributed by atoms with Gasteiger partial charge in [-0.25, -0.2) is 4.39 Å². The molecule has 0 aliphatic heterocycles. The topological polar surface area (TPSA) is 55.1 Å². The zero-order chi connectivity index (χ0) is 14.7. The molecule has 2 aromatic carbocycles. The number of benzene rings is 2. The number of primary amides is 1. The van der Waals surface area contributed by atoms with Crippen LogP contribution in [-0.4, -0.2) is 5.91 Å². The van der Waals surface area contributed by atoms with Crippen molar-refractivity contribution < 1.29 is 9.18 Å². The Hall–Kier alpha value is -1.59. The predicted molar refractivity (Wildman–Crippen MR) is 81.4 cm³/mol. The number of carbonyl (C=O) groups is 1. The molecule has 0 saturated carbocycles. The first-order valence-electron chi connectivity index (χ1n) is 5.74. The number of halogens is 3. The van der Waals surface area contributed by atoms with Crippen LogP contribution in [0.3, 0.4) is 0 Å². The van der Waals surface area contributed by atoms with Gasteiger partial charge in [0.15, 0.2) is 0 Å². The van der Waals surface area contributed by atoms with E-state index in [1.54, 1.807) is 18.2 Å². The third kappa shape index (κ3) is 3.49. The molecule has 0 aliphatic carbocycles. The summed E-state index contributed by atoms with van der Waals surface area (Å²) in [6.07, 6.45) is 0. The molecule has 20 heavy (non-hydrogen) atoms. The molecule has 0 saturated heterocycles. The fourth-order valence-electron chi connectivity index (χ4n) is 1.65. The maximum absolute atomic E-state index is 13.8. The minimum Gasteiger partial charge on any atom is -0.381 e. The van der Waals surface area contributed by atoms with Crippen molar-refractivity contribution in [3.05, 3.63) is 62.8 Å². The second kappa shape index (κ2) is 6.24. The average Bonchev–Trinajstić information content (AvgIpc) is 2.41. The number of hydrogen-bond donors (Lipinski definition) is 2. The van der Waals surface area contributed by atoms with Gasteiger partial charge in [-0.05, 0) is 46.3 Å². The molecular weight excluding hydrogens is 347 g/mol. The molecule has 2 rings (SSSR count). The molecule has 3 nitrogen and oxygen atoms in total. The van der Waals surface area contributed by atoms with E-state index in [1.807, 2.05) is 0 Å². The van der Waals surface area contributed by atoms with Gasteiger partial charge < -0.3 is 11.1 Å². The Kier molecular flexibility index (Phi) is 4.62. The van der Waals surface area contributed by atoms with Crippen LogP contribution in [0.4, 0.5) is 10.1 Å². The lowest BCUT2D eigenvalue weighted by Gasteiger charge is -2.09. The lowest BCUT2D eigenvalue weighted by molar-refractivity contribution is 0.1000. The van der Waals surface area contributed by atoms with Crippen LogP contribution in [0, 0.1) is 5.82 Å². The van der Waals surface area contributed by atoms with E-state index in [-0.39, 0.29) is 5.56 Å². The summed E-state index contributed by atoms with van der Waals surface area (Å²) >= 11 is 9.21. The molecule has 104 valence electrons. The third-order valence-electron chi connectivity index (χ3n) is 2.74. The van der Waals surface area contributed by atoms with E-state index in [0.717, 1.165) is 16.2 Å². The normalized spacial score (nSPS) is 10.3. The van der Waals surface area contributed by atoms with Gasteiger partial charge >= 0.3 is 0 Å². The molecule has 0 bridgehead atoms. The Morgan fingerprint density at radius 1 is 1.30 bits per heavy atom. The van der Waals surface area contributed by atoms with Gasteiger partial charge in [0.25, 0.3) is 0 Å². The van der Waals surface area contributed by atoms with Gasteiger partial charge in [-0.2, -0.15) is 0 Å². The summed E-state index contributed by atoms with van der Waals surface area (Å²) < 4.78 is 14.5. The van der Waals surface area contributed by atoms with Crippen molar-refractivity contribution in [3.8, 4) is 0 Å². The minimum atomic E-state index is -0.648. The lowest BCUT2D eigenvalue weighted by atomic mass is 10.1. The molecule has 3 N–H and O–H groups in total. The Labute approximate surface area is 129 Å². The lowest BCUT2D eigenvalue weighted by Crippen LogP contribution is -2.12. The first kappa shape index (κ1) is 14.8. The first-order chi connectivity index (χ1) is 9.47. The second-order valence-corrected chi connectivity index (χ2v) is 5.41. The van der Waals surface area contributed by atoms with Crippen LogP contribution in [0.1, 0.15) is 15.9 Å². The van der Waals surface area contributed by atoms with Gasteiger partial charge in [-0.3, -0.25) is 4.79 Å². The first-order valence-corrected chi connectivity index (χ1v) is 6.91. The summed E-state index contributed by atoms with van der Waals surface area (Å²) in [5, 5.41) is 3.68. The summed E-state index contributed by atoms with van der Waals surface area (Å²) in [5.74, 6) is -1.12. The quantitative estimate of drug-likeness (QED) is 0.870. The molecule has 2 aromatic rings. The van der Waals surface area contributed by atoms with Crippen LogP contribution in [0.2, 0.25) is 5.02 Å². The molecule has 6 heteroatoms. The van der Waals surface area contributed by atoms with Gasteiger partial charge in [-0.1, -0.05) is 17.7 Å². The van der Waals surface area contributed by atoms with Crippen LogP contribution < -0.4 is 11.1 Å².